The Balaban J connectivity index is 1.95. The monoisotopic (exact) mass is 386 g/mol. The molecular weight excluding hydrogens is 364 g/mol. The zero-order chi connectivity index (χ0) is 19.6. The van der Waals surface area contributed by atoms with E-state index in [4.69, 9.17) is 0 Å². The fourth-order valence-electron chi connectivity index (χ4n) is 2.85. The topological polar surface area (TPSA) is 101 Å². The maximum atomic E-state index is 12.8. The number of aromatic nitrogens is 1. The third-order valence-corrected chi connectivity index (χ3v) is 5.92. The van der Waals surface area contributed by atoms with Crippen molar-refractivity contribution >= 4 is 27.6 Å². The zero-order valence-corrected chi connectivity index (χ0v) is 16.2. The number of nitrogens with zero attached hydrogens (tertiary/aromatic N) is 2. The number of aliphatic imine (C=N–C) groups is 1. The highest BCUT2D eigenvalue weighted by molar-refractivity contribution is 7.90. The maximum Gasteiger partial charge on any atom is 0.263 e. The normalized spacial score (nSPS) is 18.4. The fourth-order valence-corrected chi connectivity index (χ4v) is 4.09. The van der Waals surface area contributed by atoms with Gasteiger partial charge >= 0.3 is 0 Å². The molecule has 2 N–H and O–H groups in total. The number of hydrogen-bond donors (Lipinski definition) is 2. The summed E-state index contributed by atoms with van der Waals surface area (Å²) < 4.78 is 27.0. The van der Waals surface area contributed by atoms with Crippen LogP contribution in [0.5, 0.6) is 0 Å². The molecule has 1 aromatic carbocycles. The fraction of sp³-hybridized carbons (Fsp3) is 0.316. The Kier molecular flexibility index (Phi) is 5.27. The lowest BCUT2D eigenvalue weighted by Gasteiger charge is -2.19. The van der Waals surface area contributed by atoms with Gasteiger partial charge in [-0.25, -0.2) is 13.4 Å². The largest absolute Gasteiger partial charge is 0.309 e. The molecule has 3 rings (SSSR count). The van der Waals surface area contributed by atoms with Gasteiger partial charge in [-0.05, 0) is 37.1 Å². The molecule has 2 heterocycles. The molecule has 142 valence electrons. The van der Waals surface area contributed by atoms with Crippen LogP contribution in [-0.2, 0) is 14.8 Å². The van der Waals surface area contributed by atoms with Crippen molar-refractivity contribution in [3.8, 4) is 0 Å². The van der Waals surface area contributed by atoms with Gasteiger partial charge in [0.2, 0.25) is 0 Å². The molecule has 0 fully saturated rings. The number of benzene rings is 1. The molecule has 0 radical (unpaired) electrons. The van der Waals surface area contributed by atoms with Crippen LogP contribution in [-0.4, -0.2) is 31.2 Å². The van der Waals surface area contributed by atoms with Gasteiger partial charge in [0.15, 0.2) is 0 Å². The third kappa shape index (κ3) is 4.00. The van der Waals surface area contributed by atoms with Crippen molar-refractivity contribution in [2.24, 2.45) is 10.9 Å². The van der Waals surface area contributed by atoms with E-state index in [0.717, 1.165) is 5.69 Å². The summed E-state index contributed by atoms with van der Waals surface area (Å²) >= 11 is 0. The molecule has 0 aliphatic carbocycles. The summed E-state index contributed by atoms with van der Waals surface area (Å²) in [5.41, 5.74) is 1.27. The smallest absolute Gasteiger partial charge is 0.263 e. The average Bonchev–Trinajstić information content (AvgIpc) is 2.90. The summed E-state index contributed by atoms with van der Waals surface area (Å²) in [5.74, 6) is 0.238. The highest BCUT2D eigenvalue weighted by atomic mass is 32.2. The number of sulfonamides is 1. The minimum Gasteiger partial charge on any atom is -0.309 e. The van der Waals surface area contributed by atoms with Gasteiger partial charge in [-0.3, -0.25) is 14.5 Å². The van der Waals surface area contributed by atoms with Gasteiger partial charge in [-0.15, -0.1) is 0 Å². The molecule has 1 aliphatic heterocycles. The molecule has 0 spiro atoms. The Morgan fingerprint density at radius 2 is 1.96 bits per heavy atom. The number of amidine groups is 1. The van der Waals surface area contributed by atoms with E-state index < -0.39 is 16.1 Å². The molecule has 0 unspecified atom stereocenters. The second-order valence-corrected chi connectivity index (χ2v) is 8.21. The Labute approximate surface area is 159 Å². The number of anilines is 1. The standard InChI is InChI=1S/C19H22N4O3S/c1-4-12(2)17(19(24)21-16-11-7-8-13(3)20-16)22-18-14-9-5-6-10-15(14)27(25,26)23-18/h5-12,17H,4H2,1-3H3,(H,22,23)(H,20,21,24)/t12-,17-/m0/s1. The number of fused-ring (bicyclic) bond motifs is 1. The van der Waals surface area contributed by atoms with Crippen molar-refractivity contribution in [3.63, 3.8) is 0 Å². The first kappa shape index (κ1) is 19.0. The van der Waals surface area contributed by atoms with Crippen molar-refractivity contribution in [1.29, 1.82) is 0 Å². The van der Waals surface area contributed by atoms with Crippen LogP contribution in [0.2, 0.25) is 0 Å². The molecule has 0 saturated heterocycles. The predicted octanol–water partition coefficient (Wildman–Crippen LogP) is 2.48. The number of pyridine rings is 1. The number of carbonyl (C=O) groups excluding carboxylic acids is 1. The summed E-state index contributed by atoms with van der Waals surface area (Å²) in [6, 6.07) is 11.2. The van der Waals surface area contributed by atoms with Gasteiger partial charge in [-0.2, -0.15) is 0 Å². The lowest BCUT2D eigenvalue weighted by molar-refractivity contribution is -0.118. The number of rotatable bonds is 5. The minimum atomic E-state index is -3.65. The number of nitrogens with one attached hydrogen (secondary N) is 2. The van der Waals surface area contributed by atoms with Gasteiger partial charge in [-0.1, -0.05) is 38.5 Å². The predicted molar refractivity (Wildman–Crippen MR) is 104 cm³/mol. The van der Waals surface area contributed by atoms with E-state index in [1.54, 1.807) is 24.3 Å². The van der Waals surface area contributed by atoms with E-state index >= 15 is 0 Å². The van der Waals surface area contributed by atoms with Gasteiger partial charge in [0.25, 0.3) is 15.9 Å². The molecular formula is C19H22N4O3S. The van der Waals surface area contributed by atoms with Crippen molar-refractivity contribution in [2.45, 2.75) is 38.1 Å². The summed E-state index contributed by atoms with van der Waals surface area (Å²) in [6.07, 6.45) is 0.713. The summed E-state index contributed by atoms with van der Waals surface area (Å²) in [6.45, 7) is 5.71. The molecule has 2 atom stereocenters. The lowest BCUT2D eigenvalue weighted by Crippen LogP contribution is -2.35. The average molecular weight is 386 g/mol. The summed E-state index contributed by atoms with van der Waals surface area (Å²) in [4.78, 5) is 21.8. The molecule has 2 aromatic rings. The van der Waals surface area contributed by atoms with E-state index in [-0.39, 0.29) is 22.6 Å². The van der Waals surface area contributed by atoms with Gasteiger partial charge in [0.05, 0.1) is 4.90 Å². The minimum absolute atomic E-state index is 0.0837. The van der Waals surface area contributed by atoms with Gasteiger partial charge < -0.3 is 5.32 Å². The van der Waals surface area contributed by atoms with Crippen LogP contribution < -0.4 is 10.0 Å². The number of aryl methyl sites for hydroxylation is 1. The van der Waals surface area contributed by atoms with E-state index in [1.165, 1.54) is 6.07 Å². The Morgan fingerprint density at radius 1 is 1.22 bits per heavy atom. The first-order valence-electron chi connectivity index (χ1n) is 8.76. The third-order valence-electron chi connectivity index (χ3n) is 4.52. The highest BCUT2D eigenvalue weighted by Crippen LogP contribution is 2.24. The number of carbonyl (C=O) groups is 1. The highest BCUT2D eigenvalue weighted by Gasteiger charge is 2.33. The first-order valence-corrected chi connectivity index (χ1v) is 10.2. The molecule has 7 nitrogen and oxygen atoms in total. The Morgan fingerprint density at radius 3 is 2.67 bits per heavy atom. The van der Waals surface area contributed by atoms with Crippen LogP contribution in [0, 0.1) is 12.8 Å². The van der Waals surface area contributed by atoms with E-state index in [9.17, 15) is 13.2 Å². The second kappa shape index (κ2) is 7.48. The Hall–Kier alpha value is -2.74. The van der Waals surface area contributed by atoms with Crippen LogP contribution in [0.15, 0.2) is 52.4 Å². The quantitative estimate of drug-likeness (QED) is 0.824. The first-order chi connectivity index (χ1) is 12.8. The van der Waals surface area contributed by atoms with Crippen molar-refractivity contribution < 1.29 is 13.2 Å². The lowest BCUT2D eigenvalue weighted by atomic mass is 9.98. The van der Waals surface area contributed by atoms with Crippen LogP contribution in [0.1, 0.15) is 31.5 Å². The number of hydrogen-bond acceptors (Lipinski definition) is 5. The summed E-state index contributed by atoms with van der Waals surface area (Å²) in [5, 5.41) is 2.78. The zero-order valence-electron chi connectivity index (χ0n) is 15.4. The van der Waals surface area contributed by atoms with Crippen LogP contribution >= 0.6 is 0 Å². The molecule has 27 heavy (non-hydrogen) atoms. The molecule has 0 saturated carbocycles. The van der Waals surface area contributed by atoms with Crippen LogP contribution in [0.4, 0.5) is 5.82 Å². The molecule has 8 heteroatoms. The van der Waals surface area contributed by atoms with Gasteiger partial charge in [0.1, 0.15) is 17.7 Å². The van der Waals surface area contributed by atoms with Crippen LogP contribution in [0.3, 0.4) is 0 Å². The van der Waals surface area contributed by atoms with E-state index in [2.05, 4.69) is 20.0 Å². The summed E-state index contributed by atoms with van der Waals surface area (Å²) in [7, 11) is -3.65. The van der Waals surface area contributed by atoms with Crippen LogP contribution in [0.25, 0.3) is 0 Å². The molecule has 1 aliphatic rings. The second-order valence-electron chi connectivity index (χ2n) is 6.56. The van der Waals surface area contributed by atoms with E-state index in [0.29, 0.717) is 17.8 Å². The Bertz CT molecular complexity index is 1000. The van der Waals surface area contributed by atoms with Gasteiger partial charge in [0, 0.05) is 11.3 Å². The molecule has 1 amide bonds. The SMILES string of the molecule is CC[C@H](C)[C@H](N=C1NS(=O)(=O)c2ccccc21)C(=O)Nc1cccc(C)n1. The van der Waals surface area contributed by atoms with E-state index in [1.807, 2.05) is 32.9 Å². The molecule has 1 aromatic heterocycles. The van der Waals surface area contributed by atoms with Crippen molar-refractivity contribution in [2.75, 3.05) is 5.32 Å². The van der Waals surface area contributed by atoms with Crippen molar-refractivity contribution in [1.82, 2.24) is 9.71 Å². The number of amides is 1. The maximum absolute atomic E-state index is 12.8. The molecule has 0 bridgehead atoms. The van der Waals surface area contributed by atoms with Crippen molar-refractivity contribution in [3.05, 3.63) is 53.7 Å².